The van der Waals surface area contributed by atoms with Crippen molar-refractivity contribution in [1.29, 1.82) is 0 Å². The van der Waals surface area contributed by atoms with Crippen molar-refractivity contribution in [3.8, 4) is 22.3 Å². The van der Waals surface area contributed by atoms with Crippen molar-refractivity contribution in [2.75, 3.05) is 4.90 Å². The minimum Gasteiger partial charge on any atom is -0.456 e. The fraction of sp³-hybridized carbons (Fsp3) is 0.0400. The molecule has 11 rings (SSSR count). The van der Waals surface area contributed by atoms with Gasteiger partial charge in [-0.1, -0.05) is 133 Å². The summed E-state index contributed by atoms with van der Waals surface area (Å²) in [6.45, 7) is 2.38. The minimum atomic E-state index is -0.361. The number of para-hydroxylation sites is 2. The number of fused-ring (bicyclic) bond motifs is 9. The molecule has 0 saturated carbocycles. The standard InChI is InChI=1S/C50H33NO2/c1-50(41-19-8-5-15-36(41)37-16-6-9-20-42(37)50)43-21-12-24-47-48(43)39-18-11-22-44(49(39)53-47)51(34-27-25-33(26-28-34)32-13-3-2-4-14-32)35-29-30-46-40(31-35)38-17-7-10-23-45(38)52-46/h2-31H,1H3. The number of benzene rings is 8. The lowest BCUT2D eigenvalue weighted by molar-refractivity contribution is 0.666. The Kier molecular flexibility index (Phi) is 6.38. The van der Waals surface area contributed by atoms with Gasteiger partial charge in [-0.3, -0.25) is 0 Å². The molecule has 0 radical (unpaired) electrons. The third-order valence-electron chi connectivity index (χ3n) is 11.4. The molecule has 3 nitrogen and oxygen atoms in total. The van der Waals surface area contributed by atoms with Crippen LogP contribution in [0.2, 0.25) is 0 Å². The van der Waals surface area contributed by atoms with E-state index in [9.17, 15) is 0 Å². The Bertz CT molecular complexity index is 2980. The molecule has 0 spiro atoms. The van der Waals surface area contributed by atoms with Gasteiger partial charge in [0.15, 0.2) is 5.58 Å². The van der Waals surface area contributed by atoms with E-state index < -0.39 is 0 Å². The van der Waals surface area contributed by atoms with Gasteiger partial charge in [-0.15, -0.1) is 0 Å². The van der Waals surface area contributed by atoms with Crippen LogP contribution in [0.15, 0.2) is 191 Å². The van der Waals surface area contributed by atoms with Gasteiger partial charge in [-0.2, -0.15) is 0 Å². The number of anilines is 3. The molecular weight excluding hydrogens is 647 g/mol. The van der Waals surface area contributed by atoms with Gasteiger partial charge in [0.1, 0.15) is 16.7 Å². The van der Waals surface area contributed by atoms with E-state index in [2.05, 4.69) is 182 Å². The predicted molar refractivity (Wildman–Crippen MR) is 219 cm³/mol. The molecule has 1 aliphatic carbocycles. The van der Waals surface area contributed by atoms with Crippen molar-refractivity contribution < 1.29 is 8.83 Å². The summed E-state index contributed by atoms with van der Waals surface area (Å²) in [5.41, 5.74) is 15.0. The lowest BCUT2D eigenvalue weighted by Crippen LogP contribution is -2.22. The van der Waals surface area contributed by atoms with Crippen LogP contribution in [0.3, 0.4) is 0 Å². The fourth-order valence-electron chi connectivity index (χ4n) is 8.88. The highest BCUT2D eigenvalue weighted by atomic mass is 16.3. The Morgan fingerprint density at radius 1 is 0.415 bits per heavy atom. The van der Waals surface area contributed by atoms with Gasteiger partial charge < -0.3 is 13.7 Å². The molecular formula is C50H33NO2. The molecule has 8 aromatic carbocycles. The van der Waals surface area contributed by atoms with Crippen molar-refractivity contribution >= 4 is 60.9 Å². The molecule has 0 amide bonds. The topological polar surface area (TPSA) is 29.5 Å². The maximum absolute atomic E-state index is 7.00. The molecule has 1 aliphatic rings. The maximum atomic E-state index is 7.00. The van der Waals surface area contributed by atoms with E-state index in [0.29, 0.717) is 0 Å². The molecule has 250 valence electrons. The second-order valence-corrected chi connectivity index (χ2v) is 14.2. The van der Waals surface area contributed by atoms with Crippen molar-refractivity contribution in [2.24, 2.45) is 0 Å². The molecule has 53 heavy (non-hydrogen) atoms. The Hall–Kier alpha value is -6.84. The fourth-order valence-corrected chi connectivity index (χ4v) is 8.88. The van der Waals surface area contributed by atoms with Crippen LogP contribution < -0.4 is 4.90 Å². The highest BCUT2D eigenvalue weighted by Crippen LogP contribution is 2.55. The van der Waals surface area contributed by atoms with Crippen molar-refractivity contribution in [3.63, 3.8) is 0 Å². The monoisotopic (exact) mass is 679 g/mol. The first-order valence-corrected chi connectivity index (χ1v) is 18.2. The van der Waals surface area contributed by atoms with Gasteiger partial charge >= 0.3 is 0 Å². The van der Waals surface area contributed by atoms with Crippen molar-refractivity contribution in [1.82, 2.24) is 0 Å². The molecule has 0 atom stereocenters. The second-order valence-electron chi connectivity index (χ2n) is 14.2. The van der Waals surface area contributed by atoms with Gasteiger partial charge in [0, 0.05) is 38.3 Å². The summed E-state index contributed by atoms with van der Waals surface area (Å²) in [6, 6.07) is 64.9. The summed E-state index contributed by atoms with van der Waals surface area (Å²) in [6.07, 6.45) is 0. The Morgan fingerprint density at radius 3 is 1.79 bits per heavy atom. The molecule has 0 unspecified atom stereocenters. The third-order valence-corrected chi connectivity index (χ3v) is 11.4. The summed E-state index contributed by atoms with van der Waals surface area (Å²) in [5.74, 6) is 0. The molecule has 0 aliphatic heterocycles. The van der Waals surface area contributed by atoms with Crippen LogP contribution in [0.1, 0.15) is 23.6 Å². The number of rotatable bonds is 5. The zero-order valence-electron chi connectivity index (χ0n) is 29.1. The first kappa shape index (κ1) is 29.8. The van der Waals surface area contributed by atoms with E-state index in [1.54, 1.807) is 0 Å². The highest BCUT2D eigenvalue weighted by molar-refractivity contribution is 6.13. The Morgan fingerprint density at radius 2 is 1.00 bits per heavy atom. The van der Waals surface area contributed by atoms with E-state index in [-0.39, 0.29) is 5.41 Å². The predicted octanol–water partition coefficient (Wildman–Crippen LogP) is 14.0. The lowest BCUT2D eigenvalue weighted by atomic mass is 9.73. The molecule has 3 heteroatoms. The van der Waals surface area contributed by atoms with Gasteiger partial charge in [-0.05, 0) is 94.4 Å². The quantitative estimate of drug-likeness (QED) is 0.181. The van der Waals surface area contributed by atoms with Gasteiger partial charge in [0.25, 0.3) is 0 Å². The van der Waals surface area contributed by atoms with Crippen molar-refractivity contribution in [2.45, 2.75) is 12.3 Å². The van der Waals surface area contributed by atoms with Crippen LogP contribution in [-0.4, -0.2) is 0 Å². The average Bonchev–Trinajstić information content (AvgIpc) is 3.88. The number of furan rings is 2. The summed E-state index contributed by atoms with van der Waals surface area (Å²) >= 11 is 0. The van der Waals surface area contributed by atoms with Crippen LogP contribution in [0.5, 0.6) is 0 Å². The zero-order valence-corrected chi connectivity index (χ0v) is 29.1. The minimum absolute atomic E-state index is 0.361. The van der Waals surface area contributed by atoms with Crippen LogP contribution >= 0.6 is 0 Å². The van der Waals surface area contributed by atoms with Gasteiger partial charge in [0.2, 0.25) is 0 Å². The van der Waals surface area contributed by atoms with Crippen LogP contribution in [0.25, 0.3) is 66.1 Å². The summed E-state index contributed by atoms with van der Waals surface area (Å²) in [4.78, 5) is 2.32. The SMILES string of the molecule is CC1(c2cccc3oc4c(N(c5ccc(-c6ccccc6)cc5)c5ccc6oc7ccccc7c6c5)cccc4c23)c2ccccc2-c2ccccc21. The van der Waals surface area contributed by atoms with E-state index in [4.69, 9.17) is 8.83 Å². The second kappa shape index (κ2) is 11.3. The first-order chi connectivity index (χ1) is 26.2. The average molecular weight is 680 g/mol. The number of hydrogen-bond acceptors (Lipinski definition) is 3. The molecule has 0 bridgehead atoms. The van der Waals surface area contributed by atoms with Crippen LogP contribution in [-0.2, 0) is 5.41 Å². The van der Waals surface area contributed by atoms with E-state index in [1.807, 2.05) is 12.1 Å². The smallest absolute Gasteiger partial charge is 0.159 e. The zero-order chi connectivity index (χ0) is 35.1. The highest BCUT2D eigenvalue weighted by Gasteiger charge is 2.42. The van der Waals surface area contributed by atoms with E-state index in [0.717, 1.165) is 60.9 Å². The largest absolute Gasteiger partial charge is 0.456 e. The lowest BCUT2D eigenvalue weighted by Gasteiger charge is -2.29. The molecule has 2 heterocycles. The number of nitrogens with zero attached hydrogens (tertiary/aromatic N) is 1. The molecule has 0 N–H and O–H groups in total. The summed E-state index contributed by atoms with van der Waals surface area (Å²) in [7, 11) is 0. The number of hydrogen-bond donors (Lipinski definition) is 0. The summed E-state index contributed by atoms with van der Waals surface area (Å²) in [5, 5.41) is 4.42. The maximum Gasteiger partial charge on any atom is 0.159 e. The molecule has 0 saturated heterocycles. The Labute approximate surface area is 307 Å². The van der Waals surface area contributed by atoms with Crippen LogP contribution in [0, 0.1) is 0 Å². The normalized spacial score (nSPS) is 13.2. The molecule has 2 aromatic heterocycles. The van der Waals surface area contributed by atoms with E-state index in [1.165, 1.54) is 38.9 Å². The van der Waals surface area contributed by atoms with Gasteiger partial charge in [0.05, 0.1) is 5.69 Å². The first-order valence-electron chi connectivity index (χ1n) is 18.2. The molecule has 0 fully saturated rings. The van der Waals surface area contributed by atoms with Crippen LogP contribution in [0.4, 0.5) is 17.1 Å². The van der Waals surface area contributed by atoms with Crippen molar-refractivity contribution in [3.05, 3.63) is 199 Å². The third kappa shape index (κ3) is 4.34. The summed E-state index contributed by atoms with van der Waals surface area (Å²) < 4.78 is 13.3. The van der Waals surface area contributed by atoms with E-state index >= 15 is 0 Å². The molecule has 10 aromatic rings. The van der Waals surface area contributed by atoms with Gasteiger partial charge in [-0.25, -0.2) is 0 Å². The Balaban J connectivity index is 1.15.